The van der Waals surface area contributed by atoms with Crippen LogP contribution in [-0.2, 0) is 4.74 Å². The standard InChI is InChI=1S/C15H23N3O3/c1-12-3-4-14(15(9-12)18(19)20)16-10-13-5-6-17(11-13)7-8-21-2/h3-4,9,13,16H,5-8,10-11H2,1-2H3/t13-/m0/s1. The second-order valence-electron chi connectivity index (χ2n) is 5.61. The van der Waals surface area contributed by atoms with E-state index in [1.165, 1.54) is 0 Å². The van der Waals surface area contributed by atoms with Gasteiger partial charge < -0.3 is 15.0 Å². The summed E-state index contributed by atoms with van der Waals surface area (Å²) in [6.45, 7) is 6.44. The number of anilines is 1. The van der Waals surface area contributed by atoms with E-state index in [1.807, 2.05) is 13.0 Å². The second-order valence-corrected chi connectivity index (χ2v) is 5.61. The predicted octanol–water partition coefficient (Wildman–Crippen LogP) is 2.28. The molecule has 21 heavy (non-hydrogen) atoms. The zero-order valence-electron chi connectivity index (χ0n) is 12.7. The van der Waals surface area contributed by atoms with E-state index in [9.17, 15) is 10.1 Å². The predicted molar refractivity (Wildman–Crippen MR) is 82.7 cm³/mol. The van der Waals surface area contributed by atoms with Gasteiger partial charge >= 0.3 is 0 Å². The molecule has 0 unspecified atom stereocenters. The maximum absolute atomic E-state index is 11.1. The molecule has 116 valence electrons. The van der Waals surface area contributed by atoms with Gasteiger partial charge in [-0.25, -0.2) is 0 Å². The molecule has 0 spiro atoms. The van der Waals surface area contributed by atoms with Crippen LogP contribution in [-0.4, -0.2) is 49.7 Å². The van der Waals surface area contributed by atoms with Crippen molar-refractivity contribution >= 4 is 11.4 Å². The van der Waals surface area contributed by atoms with Crippen LogP contribution in [0.4, 0.5) is 11.4 Å². The average Bonchev–Trinajstić information content (AvgIpc) is 2.91. The Morgan fingerprint density at radius 2 is 2.33 bits per heavy atom. The number of ether oxygens (including phenoxy) is 1. The minimum Gasteiger partial charge on any atom is -0.383 e. The number of hydrogen-bond acceptors (Lipinski definition) is 5. The first-order chi connectivity index (χ1) is 10.1. The fourth-order valence-corrected chi connectivity index (χ4v) is 2.70. The van der Waals surface area contributed by atoms with E-state index in [4.69, 9.17) is 4.74 Å². The number of nitrogens with zero attached hydrogens (tertiary/aromatic N) is 2. The first kappa shape index (κ1) is 15.7. The third-order valence-electron chi connectivity index (χ3n) is 3.91. The Balaban J connectivity index is 1.88. The van der Waals surface area contributed by atoms with Crippen molar-refractivity contribution in [2.45, 2.75) is 13.3 Å². The van der Waals surface area contributed by atoms with Gasteiger partial charge in [0.1, 0.15) is 5.69 Å². The van der Waals surface area contributed by atoms with Gasteiger partial charge in [-0.05, 0) is 37.4 Å². The summed E-state index contributed by atoms with van der Waals surface area (Å²) in [5.74, 6) is 0.530. The Morgan fingerprint density at radius 3 is 3.05 bits per heavy atom. The molecule has 1 fully saturated rings. The molecular weight excluding hydrogens is 270 g/mol. The number of likely N-dealkylation sites (tertiary alicyclic amines) is 1. The van der Waals surface area contributed by atoms with Crippen LogP contribution in [0.5, 0.6) is 0 Å². The summed E-state index contributed by atoms with van der Waals surface area (Å²) in [4.78, 5) is 13.1. The lowest BCUT2D eigenvalue weighted by atomic mass is 10.1. The van der Waals surface area contributed by atoms with Crippen LogP contribution in [0.15, 0.2) is 18.2 Å². The van der Waals surface area contributed by atoms with Gasteiger partial charge in [0.2, 0.25) is 0 Å². The molecule has 1 aliphatic heterocycles. The van der Waals surface area contributed by atoms with Crippen LogP contribution in [0.25, 0.3) is 0 Å². The third kappa shape index (κ3) is 4.41. The Hall–Kier alpha value is -1.66. The molecule has 1 aliphatic rings. The van der Waals surface area contributed by atoms with Crippen molar-refractivity contribution in [1.29, 1.82) is 0 Å². The first-order valence-corrected chi connectivity index (χ1v) is 7.30. The van der Waals surface area contributed by atoms with Gasteiger partial charge in [0, 0.05) is 32.8 Å². The summed E-state index contributed by atoms with van der Waals surface area (Å²) in [7, 11) is 1.71. The highest BCUT2D eigenvalue weighted by Crippen LogP contribution is 2.26. The molecule has 0 aliphatic carbocycles. The molecule has 1 aromatic carbocycles. The van der Waals surface area contributed by atoms with Crippen LogP contribution in [0.1, 0.15) is 12.0 Å². The molecule has 1 saturated heterocycles. The van der Waals surface area contributed by atoms with Crippen LogP contribution in [0.3, 0.4) is 0 Å². The van der Waals surface area contributed by atoms with E-state index >= 15 is 0 Å². The SMILES string of the molecule is COCCN1CC[C@@H](CNc2ccc(C)cc2[N+](=O)[O-])C1. The molecule has 1 N–H and O–H groups in total. The largest absolute Gasteiger partial charge is 0.383 e. The van der Waals surface area contributed by atoms with Crippen molar-refractivity contribution in [3.05, 3.63) is 33.9 Å². The fourth-order valence-electron chi connectivity index (χ4n) is 2.70. The van der Waals surface area contributed by atoms with Gasteiger partial charge in [-0.2, -0.15) is 0 Å². The zero-order chi connectivity index (χ0) is 15.2. The fraction of sp³-hybridized carbons (Fsp3) is 0.600. The minimum atomic E-state index is -0.325. The van der Waals surface area contributed by atoms with Crippen molar-refractivity contribution in [2.75, 3.05) is 45.2 Å². The average molecular weight is 293 g/mol. The third-order valence-corrected chi connectivity index (χ3v) is 3.91. The number of nitro benzene ring substituents is 1. The van der Waals surface area contributed by atoms with Gasteiger partial charge in [-0.15, -0.1) is 0 Å². The number of rotatable bonds is 7. The summed E-state index contributed by atoms with van der Waals surface area (Å²) in [6, 6.07) is 5.31. The van der Waals surface area contributed by atoms with E-state index in [-0.39, 0.29) is 10.6 Å². The van der Waals surface area contributed by atoms with Crippen molar-refractivity contribution in [1.82, 2.24) is 4.90 Å². The van der Waals surface area contributed by atoms with Crippen molar-refractivity contribution in [3.63, 3.8) is 0 Å². The summed E-state index contributed by atoms with van der Waals surface area (Å²) in [5.41, 5.74) is 1.67. The van der Waals surface area contributed by atoms with E-state index in [0.29, 0.717) is 11.6 Å². The molecule has 1 heterocycles. The summed E-state index contributed by atoms with van der Waals surface area (Å²) < 4.78 is 5.09. The lowest BCUT2D eigenvalue weighted by Gasteiger charge is -2.16. The van der Waals surface area contributed by atoms with Gasteiger partial charge in [0.05, 0.1) is 11.5 Å². The monoisotopic (exact) mass is 293 g/mol. The molecule has 0 radical (unpaired) electrons. The van der Waals surface area contributed by atoms with E-state index in [1.54, 1.807) is 19.2 Å². The van der Waals surface area contributed by atoms with Gasteiger partial charge in [0.15, 0.2) is 0 Å². The number of aryl methyl sites for hydroxylation is 1. The number of hydrogen-bond donors (Lipinski definition) is 1. The molecule has 1 aromatic rings. The highest BCUT2D eigenvalue weighted by Gasteiger charge is 2.23. The molecule has 0 bridgehead atoms. The second kappa shape index (κ2) is 7.38. The van der Waals surface area contributed by atoms with Gasteiger partial charge in [-0.3, -0.25) is 10.1 Å². The molecule has 0 aromatic heterocycles. The van der Waals surface area contributed by atoms with Crippen LogP contribution in [0.2, 0.25) is 0 Å². The number of benzene rings is 1. The quantitative estimate of drug-likeness (QED) is 0.617. The normalized spacial score (nSPS) is 18.9. The van der Waals surface area contributed by atoms with Crippen LogP contribution < -0.4 is 5.32 Å². The molecule has 0 saturated carbocycles. The van der Waals surface area contributed by atoms with Crippen molar-refractivity contribution in [3.8, 4) is 0 Å². The Labute approximate surface area is 125 Å². The van der Waals surface area contributed by atoms with Crippen LogP contribution in [0, 0.1) is 23.0 Å². The maximum atomic E-state index is 11.1. The highest BCUT2D eigenvalue weighted by atomic mass is 16.6. The summed E-state index contributed by atoms with van der Waals surface area (Å²) in [5, 5.41) is 14.3. The number of nitro groups is 1. The van der Waals surface area contributed by atoms with E-state index < -0.39 is 0 Å². The molecule has 6 heteroatoms. The smallest absolute Gasteiger partial charge is 0.292 e. The minimum absolute atomic E-state index is 0.157. The van der Waals surface area contributed by atoms with Gasteiger partial charge in [0.25, 0.3) is 5.69 Å². The summed E-state index contributed by atoms with van der Waals surface area (Å²) in [6.07, 6.45) is 1.12. The van der Waals surface area contributed by atoms with E-state index in [0.717, 1.165) is 44.8 Å². The molecule has 6 nitrogen and oxygen atoms in total. The van der Waals surface area contributed by atoms with Crippen LogP contribution >= 0.6 is 0 Å². The lowest BCUT2D eigenvalue weighted by Crippen LogP contribution is -2.26. The summed E-state index contributed by atoms with van der Waals surface area (Å²) >= 11 is 0. The topological polar surface area (TPSA) is 67.6 Å². The lowest BCUT2D eigenvalue weighted by molar-refractivity contribution is -0.384. The zero-order valence-corrected chi connectivity index (χ0v) is 12.7. The molecular formula is C15H23N3O3. The number of methoxy groups -OCH3 is 1. The van der Waals surface area contributed by atoms with E-state index in [2.05, 4.69) is 10.2 Å². The maximum Gasteiger partial charge on any atom is 0.292 e. The Bertz CT molecular complexity index is 493. The first-order valence-electron chi connectivity index (χ1n) is 7.30. The molecule has 0 amide bonds. The van der Waals surface area contributed by atoms with Crippen molar-refractivity contribution in [2.24, 2.45) is 5.92 Å². The Kier molecular flexibility index (Phi) is 5.52. The van der Waals surface area contributed by atoms with Crippen molar-refractivity contribution < 1.29 is 9.66 Å². The van der Waals surface area contributed by atoms with Gasteiger partial charge in [-0.1, -0.05) is 6.07 Å². The molecule has 2 rings (SSSR count). The highest BCUT2D eigenvalue weighted by molar-refractivity contribution is 5.62. The Morgan fingerprint density at radius 1 is 1.52 bits per heavy atom. The number of nitrogens with one attached hydrogen (secondary N) is 1. The molecule has 1 atom stereocenters.